The Morgan fingerprint density at radius 3 is 2.29 bits per heavy atom. The summed E-state index contributed by atoms with van der Waals surface area (Å²) in [7, 11) is 0. The molecule has 0 spiro atoms. The smallest absolute Gasteiger partial charge is 0.177 e. The highest BCUT2D eigenvalue weighted by atomic mass is 16.8. The minimum atomic E-state index is -0.801. The van der Waals surface area contributed by atoms with E-state index in [1.54, 1.807) is 5.06 Å². The number of fused-ring (bicyclic) bond motifs is 1. The molecule has 0 radical (unpaired) electrons. The van der Waals surface area contributed by atoms with Crippen LogP contribution in [0.3, 0.4) is 0 Å². The van der Waals surface area contributed by atoms with Gasteiger partial charge in [-0.1, -0.05) is 0 Å². The summed E-state index contributed by atoms with van der Waals surface area (Å²) >= 11 is 0. The van der Waals surface area contributed by atoms with Crippen molar-refractivity contribution >= 4 is 0 Å². The van der Waals surface area contributed by atoms with E-state index in [1.165, 1.54) is 5.06 Å². The van der Waals surface area contributed by atoms with Gasteiger partial charge in [0.25, 0.3) is 0 Å². The van der Waals surface area contributed by atoms with Crippen molar-refractivity contribution in [1.29, 1.82) is 0 Å². The monoisotopic (exact) mass is 202 g/mol. The van der Waals surface area contributed by atoms with Gasteiger partial charge in [0.15, 0.2) is 6.29 Å². The summed E-state index contributed by atoms with van der Waals surface area (Å²) in [6, 6.07) is 0. The first kappa shape index (κ1) is 10.3. The standard InChI is InChI=1S/C9H18N2O3/c1-8(2)9(3,4)11-6(10(8)13)5-7(12)14-11/h6-7,12-13H,5H2,1-4H3. The quantitative estimate of drug-likeness (QED) is 0.600. The lowest BCUT2D eigenvalue weighted by atomic mass is 9.84. The number of hydrogen-bond donors (Lipinski definition) is 2. The summed E-state index contributed by atoms with van der Waals surface area (Å²) < 4.78 is 0. The Bertz CT molecular complexity index is 254. The van der Waals surface area contributed by atoms with Crippen LogP contribution in [0.25, 0.3) is 0 Å². The van der Waals surface area contributed by atoms with Crippen LogP contribution in [0, 0.1) is 0 Å². The fourth-order valence-electron chi connectivity index (χ4n) is 2.15. The van der Waals surface area contributed by atoms with Gasteiger partial charge in [-0.2, -0.15) is 10.1 Å². The molecule has 2 rings (SSSR count). The van der Waals surface area contributed by atoms with Crippen LogP contribution < -0.4 is 0 Å². The summed E-state index contributed by atoms with van der Waals surface area (Å²) in [4.78, 5) is 5.29. The Kier molecular flexibility index (Phi) is 1.97. The van der Waals surface area contributed by atoms with Crippen molar-refractivity contribution in [2.45, 2.75) is 57.6 Å². The van der Waals surface area contributed by atoms with Crippen molar-refractivity contribution in [3.8, 4) is 0 Å². The normalized spacial score (nSPS) is 41.6. The number of rotatable bonds is 0. The Labute approximate surface area is 83.8 Å². The van der Waals surface area contributed by atoms with Crippen molar-refractivity contribution < 1.29 is 15.2 Å². The zero-order valence-corrected chi connectivity index (χ0v) is 9.06. The molecule has 2 aliphatic heterocycles. The average Bonchev–Trinajstić information content (AvgIpc) is 2.49. The fourth-order valence-corrected chi connectivity index (χ4v) is 2.15. The molecule has 0 aromatic carbocycles. The van der Waals surface area contributed by atoms with Gasteiger partial charge >= 0.3 is 0 Å². The molecule has 0 aromatic rings. The van der Waals surface area contributed by atoms with Gasteiger partial charge in [-0.05, 0) is 27.7 Å². The lowest BCUT2D eigenvalue weighted by Crippen LogP contribution is -2.53. The molecule has 2 fully saturated rings. The molecule has 2 aliphatic rings. The lowest BCUT2D eigenvalue weighted by molar-refractivity contribution is -0.255. The summed E-state index contributed by atoms with van der Waals surface area (Å²) in [6.07, 6.45) is -0.622. The van der Waals surface area contributed by atoms with Crippen molar-refractivity contribution in [3.05, 3.63) is 0 Å². The topological polar surface area (TPSA) is 56.2 Å². The predicted molar refractivity (Wildman–Crippen MR) is 49.1 cm³/mol. The van der Waals surface area contributed by atoms with E-state index in [4.69, 9.17) is 4.84 Å². The van der Waals surface area contributed by atoms with Gasteiger partial charge in [0, 0.05) is 6.42 Å². The molecule has 2 atom stereocenters. The van der Waals surface area contributed by atoms with Gasteiger partial charge in [-0.25, -0.2) is 0 Å². The Morgan fingerprint density at radius 1 is 1.21 bits per heavy atom. The number of aliphatic hydroxyl groups excluding tert-OH is 1. The van der Waals surface area contributed by atoms with Gasteiger partial charge in [0.05, 0.1) is 11.1 Å². The van der Waals surface area contributed by atoms with Crippen LogP contribution in [0.5, 0.6) is 0 Å². The van der Waals surface area contributed by atoms with Crippen molar-refractivity contribution in [3.63, 3.8) is 0 Å². The third-order valence-corrected chi connectivity index (χ3v) is 3.82. The molecular weight excluding hydrogens is 184 g/mol. The predicted octanol–water partition coefficient (Wildman–Crippen LogP) is 0.530. The number of nitrogens with zero attached hydrogens (tertiary/aromatic N) is 2. The minimum absolute atomic E-state index is 0.241. The Balaban J connectivity index is 2.35. The van der Waals surface area contributed by atoms with Gasteiger partial charge in [-0.15, -0.1) is 0 Å². The Morgan fingerprint density at radius 2 is 1.79 bits per heavy atom. The third kappa shape index (κ3) is 1.02. The molecule has 2 unspecified atom stereocenters. The fraction of sp³-hybridized carbons (Fsp3) is 1.00. The van der Waals surface area contributed by atoms with Gasteiger partial charge in [0.1, 0.15) is 6.17 Å². The summed E-state index contributed by atoms with van der Waals surface area (Å²) in [5.74, 6) is 0. The number of hydroxylamine groups is 4. The van der Waals surface area contributed by atoms with Gasteiger partial charge in [-0.3, -0.25) is 4.84 Å². The molecule has 0 amide bonds. The van der Waals surface area contributed by atoms with Crippen molar-refractivity contribution in [2.75, 3.05) is 0 Å². The minimum Gasteiger partial charge on any atom is -0.366 e. The first-order valence-corrected chi connectivity index (χ1v) is 4.91. The summed E-state index contributed by atoms with van der Waals surface area (Å²) in [5, 5.41) is 22.3. The van der Waals surface area contributed by atoms with Crippen LogP contribution in [0.4, 0.5) is 0 Å². The van der Waals surface area contributed by atoms with Crippen molar-refractivity contribution in [1.82, 2.24) is 10.1 Å². The third-order valence-electron chi connectivity index (χ3n) is 3.82. The number of hydrogen-bond acceptors (Lipinski definition) is 5. The molecule has 5 nitrogen and oxygen atoms in total. The van der Waals surface area contributed by atoms with E-state index in [0.717, 1.165) is 0 Å². The highest BCUT2D eigenvalue weighted by Gasteiger charge is 2.61. The van der Waals surface area contributed by atoms with Crippen LogP contribution in [0.1, 0.15) is 34.1 Å². The van der Waals surface area contributed by atoms with Crippen LogP contribution in [-0.2, 0) is 4.84 Å². The second kappa shape index (κ2) is 2.68. The highest BCUT2D eigenvalue weighted by Crippen LogP contribution is 2.46. The van der Waals surface area contributed by atoms with E-state index in [0.29, 0.717) is 6.42 Å². The molecule has 0 bridgehead atoms. The van der Waals surface area contributed by atoms with Crippen LogP contribution >= 0.6 is 0 Å². The zero-order chi connectivity index (χ0) is 10.7. The van der Waals surface area contributed by atoms with E-state index >= 15 is 0 Å². The second-order valence-corrected chi connectivity index (χ2v) is 5.06. The van der Waals surface area contributed by atoms with E-state index in [2.05, 4.69) is 0 Å². The maximum absolute atomic E-state index is 9.98. The van der Waals surface area contributed by atoms with E-state index < -0.39 is 11.8 Å². The SMILES string of the molecule is CC1(C)N(O)C2CC(O)ON2C1(C)C. The van der Waals surface area contributed by atoms with Crippen molar-refractivity contribution in [2.24, 2.45) is 0 Å². The summed E-state index contributed by atoms with van der Waals surface area (Å²) in [6.45, 7) is 7.91. The lowest BCUT2D eigenvalue weighted by Gasteiger charge is -2.39. The Hall–Kier alpha value is -0.200. The molecule has 0 aromatic heterocycles. The first-order valence-electron chi connectivity index (χ1n) is 4.91. The zero-order valence-electron chi connectivity index (χ0n) is 9.06. The first-order chi connectivity index (χ1) is 6.28. The molecule has 2 heterocycles. The molecule has 0 aliphatic carbocycles. The second-order valence-electron chi connectivity index (χ2n) is 5.06. The highest BCUT2D eigenvalue weighted by molar-refractivity contribution is 5.07. The maximum Gasteiger partial charge on any atom is 0.177 e. The average molecular weight is 202 g/mol. The molecule has 0 saturated carbocycles. The molecule has 82 valence electrons. The largest absolute Gasteiger partial charge is 0.366 e. The molecular formula is C9H18N2O3. The van der Waals surface area contributed by atoms with Crippen LogP contribution in [0.2, 0.25) is 0 Å². The van der Waals surface area contributed by atoms with Gasteiger partial charge < -0.3 is 10.3 Å². The summed E-state index contributed by atoms with van der Waals surface area (Å²) in [5.41, 5.74) is -0.721. The van der Waals surface area contributed by atoms with E-state index in [-0.39, 0.29) is 11.7 Å². The van der Waals surface area contributed by atoms with E-state index in [1.807, 2.05) is 27.7 Å². The molecule has 2 saturated heterocycles. The maximum atomic E-state index is 9.98. The van der Waals surface area contributed by atoms with Crippen LogP contribution in [-0.4, -0.2) is 44.0 Å². The molecule has 14 heavy (non-hydrogen) atoms. The van der Waals surface area contributed by atoms with Gasteiger partial charge in [0.2, 0.25) is 0 Å². The van der Waals surface area contributed by atoms with E-state index in [9.17, 15) is 10.3 Å². The molecule has 5 heteroatoms. The number of aliphatic hydroxyl groups is 1. The van der Waals surface area contributed by atoms with Crippen LogP contribution in [0.15, 0.2) is 0 Å². The molecule has 2 N–H and O–H groups in total.